The minimum Gasteiger partial charge on any atom is -0.383 e. The number of nitrogens with one attached hydrogen (secondary N) is 1. The van der Waals surface area contributed by atoms with Gasteiger partial charge in [-0.15, -0.1) is 0 Å². The zero-order valence-corrected chi connectivity index (χ0v) is 16.0. The molecule has 2 aromatic rings. The summed E-state index contributed by atoms with van der Waals surface area (Å²) in [5.74, 6) is 0.629. The molecule has 2 heterocycles. The number of aryl methyl sites for hydroxylation is 1. The van der Waals surface area contributed by atoms with Crippen LogP contribution in [0, 0.1) is 0 Å². The van der Waals surface area contributed by atoms with Crippen LogP contribution in [0.3, 0.4) is 0 Å². The lowest BCUT2D eigenvalue weighted by Crippen LogP contribution is -2.33. The molecular weight excluding hydrogens is 372 g/mol. The highest BCUT2D eigenvalue weighted by molar-refractivity contribution is 9.10. The van der Waals surface area contributed by atoms with Gasteiger partial charge in [-0.05, 0) is 48.0 Å². The first-order valence-corrected chi connectivity index (χ1v) is 8.56. The van der Waals surface area contributed by atoms with E-state index in [1.807, 2.05) is 12.1 Å². The van der Waals surface area contributed by atoms with Crippen molar-refractivity contribution in [1.29, 1.82) is 0 Å². The molecule has 2 aromatic heterocycles. The van der Waals surface area contributed by atoms with Gasteiger partial charge >= 0.3 is 0 Å². The summed E-state index contributed by atoms with van der Waals surface area (Å²) >= 11 is 3.39. The third kappa shape index (κ3) is 4.58. The second-order valence-corrected chi connectivity index (χ2v) is 6.71. The number of hydrogen-bond acceptors (Lipinski definition) is 5. The van der Waals surface area contributed by atoms with E-state index in [4.69, 9.17) is 4.74 Å². The number of pyridine rings is 2. The molecule has 0 aliphatic carbocycles. The average Bonchev–Trinajstić information content (AvgIpc) is 2.53. The molecule has 0 amide bonds. The SMILES string of the molecule is COCCN(c1ccc(Nc2cc(Br)cn(C)c2=O)nc1)C(C)C. The van der Waals surface area contributed by atoms with Crippen molar-refractivity contribution in [2.45, 2.75) is 19.9 Å². The van der Waals surface area contributed by atoms with Crippen molar-refractivity contribution in [1.82, 2.24) is 9.55 Å². The zero-order chi connectivity index (χ0) is 17.7. The van der Waals surface area contributed by atoms with Gasteiger partial charge in [-0.1, -0.05) is 0 Å². The maximum absolute atomic E-state index is 12.1. The van der Waals surface area contributed by atoms with Crippen molar-refractivity contribution in [2.24, 2.45) is 7.05 Å². The number of rotatable bonds is 7. The summed E-state index contributed by atoms with van der Waals surface area (Å²) in [6.45, 7) is 5.72. The Balaban J connectivity index is 2.19. The van der Waals surface area contributed by atoms with E-state index >= 15 is 0 Å². The summed E-state index contributed by atoms with van der Waals surface area (Å²) in [5, 5.41) is 3.07. The van der Waals surface area contributed by atoms with E-state index < -0.39 is 0 Å². The number of anilines is 3. The van der Waals surface area contributed by atoms with Gasteiger partial charge in [0, 0.05) is 37.4 Å². The van der Waals surface area contributed by atoms with Crippen molar-refractivity contribution in [3.63, 3.8) is 0 Å². The van der Waals surface area contributed by atoms with E-state index in [1.54, 1.807) is 32.6 Å². The molecule has 0 aliphatic heterocycles. The van der Waals surface area contributed by atoms with Crippen LogP contribution in [-0.2, 0) is 11.8 Å². The van der Waals surface area contributed by atoms with E-state index in [9.17, 15) is 4.79 Å². The van der Waals surface area contributed by atoms with E-state index in [-0.39, 0.29) is 5.56 Å². The highest BCUT2D eigenvalue weighted by Crippen LogP contribution is 2.20. The number of hydrogen-bond donors (Lipinski definition) is 1. The predicted molar refractivity (Wildman–Crippen MR) is 101 cm³/mol. The Morgan fingerprint density at radius 2 is 2.17 bits per heavy atom. The van der Waals surface area contributed by atoms with Crippen molar-refractivity contribution in [3.05, 3.63) is 45.4 Å². The third-order valence-corrected chi connectivity index (χ3v) is 4.09. The van der Waals surface area contributed by atoms with Crippen molar-refractivity contribution in [2.75, 3.05) is 30.5 Å². The van der Waals surface area contributed by atoms with Crippen molar-refractivity contribution < 1.29 is 4.74 Å². The molecule has 0 saturated heterocycles. The van der Waals surface area contributed by atoms with Crippen LogP contribution in [0.25, 0.3) is 0 Å². The van der Waals surface area contributed by atoms with Gasteiger partial charge in [0.05, 0.1) is 18.5 Å². The van der Waals surface area contributed by atoms with Crippen LogP contribution in [0.2, 0.25) is 0 Å². The summed E-state index contributed by atoms with van der Waals surface area (Å²) in [5.41, 5.74) is 1.40. The Bertz CT molecular complexity index is 728. The van der Waals surface area contributed by atoms with Crippen LogP contribution in [0.1, 0.15) is 13.8 Å². The van der Waals surface area contributed by atoms with Crippen LogP contribution in [0.5, 0.6) is 0 Å². The first-order chi connectivity index (χ1) is 11.4. The van der Waals surface area contributed by atoms with Gasteiger partial charge < -0.3 is 19.5 Å². The minimum atomic E-state index is -0.104. The van der Waals surface area contributed by atoms with Gasteiger partial charge in [0.2, 0.25) is 0 Å². The molecule has 0 aromatic carbocycles. The Morgan fingerprint density at radius 3 is 2.75 bits per heavy atom. The lowest BCUT2D eigenvalue weighted by molar-refractivity contribution is 0.204. The fourth-order valence-corrected chi connectivity index (χ4v) is 2.94. The minimum absolute atomic E-state index is 0.104. The fraction of sp³-hybridized carbons (Fsp3) is 0.412. The Morgan fingerprint density at radius 1 is 1.42 bits per heavy atom. The molecule has 24 heavy (non-hydrogen) atoms. The zero-order valence-electron chi connectivity index (χ0n) is 14.4. The smallest absolute Gasteiger partial charge is 0.274 e. The average molecular weight is 395 g/mol. The van der Waals surface area contributed by atoms with Gasteiger partial charge in [0.1, 0.15) is 11.5 Å². The normalized spacial score (nSPS) is 10.9. The van der Waals surface area contributed by atoms with Gasteiger partial charge in [0.15, 0.2) is 0 Å². The first kappa shape index (κ1) is 18.5. The number of nitrogens with zero attached hydrogens (tertiary/aromatic N) is 3. The van der Waals surface area contributed by atoms with E-state index in [0.717, 1.165) is 16.7 Å². The number of ether oxygens (including phenoxy) is 1. The van der Waals surface area contributed by atoms with Gasteiger partial charge in [-0.25, -0.2) is 4.98 Å². The summed E-state index contributed by atoms with van der Waals surface area (Å²) in [7, 11) is 3.41. The molecule has 0 radical (unpaired) electrons. The van der Waals surface area contributed by atoms with Gasteiger partial charge in [-0.2, -0.15) is 0 Å². The molecule has 0 bridgehead atoms. The van der Waals surface area contributed by atoms with Crippen LogP contribution < -0.4 is 15.8 Å². The number of halogens is 1. The van der Waals surface area contributed by atoms with Crippen molar-refractivity contribution in [3.8, 4) is 0 Å². The molecule has 0 aliphatic rings. The lowest BCUT2D eigenvalue weighted by Gasteiger charge is -2.28. The molecule has 2 rings (SSSR count). The molecule has 0 unspecified atom stereocenters. The Kier molecular flexibility index (Phi) is 6.39. The maximum atomic E-state index is 12.1. The van der Waals surface area contributed by atoms with E-state index in [1.165, 1.54) is 4.57 Å². The second kappa shape index (κ2) is 8.30. The molecule has 7 heteroatoms. The molecule has 6 nitrogen and oxygen atoms in total. The second-order valence-electron chi connectivity index (χ2n) is 5.79. The van der Waals surface area contributed by atoms with Crippen LogP contribution in [-0.4, -0.2) is 35.9 Å². The summed E-state index contributed by atoms with van der Waals surface area (Å²) in [6.07, 6.45) is 3.53. The quantitative estimate of drug-likeness (QED) is 0.781. The monoisotopic (exact) mass is 394 g/mol. The van der Waals surface area contributed by atoms with Crippen LogP contribution in [0.15, 0.2) is 39.9 Å². The Hall–Kier alpha value is -1.86. The molecule has 0 saturated carbocycles. The van der Waals surface area contributed by atoms with Crippen LogP contribution >= 0.6 is 15.9 Å². The van der Waals surface area contributed by atoms with E-state index in [2.05, 4.69) is 45.0 Å². The fourth-order valence-electron chi connectivity index (χ4n) is 2.40. The number of methoxy groups -OCH3 is 1. The lowest BCUT2D eigenvalue weighted by atomic mass is 10.2. The molecular formula is C17H23BrN4O2. The van der Waals surface area contributed by atoms with Crippen molar-refractivity contribution >= 4 is 33.1 Å². The highest BCUT2D eigenvalue weighted by atomic mass is 79.9. The maximum Gasteiger partial charge on any atom is 0.274 e. The molecule has 0 fully saturated rings. The third-order valence-electron chi connectivity index (χ3n) is 3.65. The molecule has 130 valence electrons. The van der Waals surface area contributed by atoms with Gasteiger partial charge in [-0.3, -0.25) is 4.79 Å². The topological polar surface area (TPSA) is 59.4 Å². The van der Waals surface area contributed by atoms with E-state index in [0.29, 0.717) is 24.2 Å². The summed E-state index contributed by atoms with van der Waals surface area (Å²) in [6, 6.07) is 5.96. The molecule has 0 atom stereocenters. The highest BCUT2D eigenvalue weighted by Gasteiger charge is 2.11. The predicted octanol–water partition coefficient (Wildman–Crippen LogP) is 3.15. The first-order valence-electron chi connectivity index (χ1n) is 7.77. The molecule has 0 spiro atoms. The summed E-state index contributed by atoms with van der Waals surface area (Å²) in [4.78, 5) is 18.8. The molecule has 1 N–H and O–H groups in total. The summed E-state index contributed by atoms with van der Waals surface area (Å²) < 4.78 is 7.51. The van der Waals surface area contributed by atoms with Gasteiger partial charge in [0.25, 0.3) is 5.56 Å². The van der Waals surface area contributed by atoms with Crippen LogP contribution in [0.4, 0.5) is 17.2 Å². The largest absolute Gasteiger partial charge is 0.383 e. The number of aromatic nitrogens is 2. The Labute approximate surface area is 150 Å². The standard InChI is InChI=1S/C17H23BrN4O2/c1-12(2)22(7-8-24-4)14-5-6-16(19-10-14)20-15-9-13(18)11-21(3)17(15)23/h5-6,9-12H,7-8H2,1-4H3,(H,19,20).